The Kier molecular flexibility index (Phi) is 3.46. The maximum atomic E-state index is 12.9. The van der Waals surface area contributed by atoms with Crippen molar-refractivity contribution in [2.24, 2.45) is 7.05 Å². The highest BCUT2D eigenvalue weighted by Gasteiger charge is 2.30. The van der Waals surface area contributed by atoms with Gasteiger partial charge in [0.25, 0.3) is 5.91 Å². The van der Waals surface area contributed by atoms with Crippen LogP contribution < -0.4 is 14.4 Å². The highest BCUT2D eigenvalue weighted by Crippen LogP contribution is 2.37. The number of hydrogen-bond acceptors (Lipinski definition) is 3. The number of fused-ring (bicyclic) bond motifs is 2. The summed E-state index contributed by atoms with van der Waals surface area (Å²) in [7, 11) is 5.23. The number of rotatable bonds is 3. The molecule has 0 radical (unpaired) electrons. The number of aryl methyl sites for hydroxylation is 2. The zero-order valence-electron chi connectivity index (χ0n) is 14.8. The lowest BCUT2D eigenvalue weighted by molar-refractivity contribution is 0.0996. The van der Waals surface area contributed by atoms with E-state index in [1.54, 1.807) is 25.2 Å². The molecule has 2 aromatic carbocycles. The molecule has 0 bridgehead atoms. The molecule has 0 spiro atoms. The standard InChI is InChI=1S/C20H20N2O3/c1-12-7-13-8-15(5-6-17(13)21(12)2)22-11-14-9-18(24-3)19(25-4)10-16(14)20(22)23/h5-10H,11H2,1-4H3. The molecule has 5 nitrogen and oxygen atoms in total. The Morgan fingerprint density at radius 3 is 2.44 bits per heavy atom. The van der Waals surface area contributed by atoms with E-state index in [1.807, 2.05) is 19.2 Å². The van der Waals surface area contributed by atoms with E-state index >= 15 is 0 Å². The number of nitrogens with zero attached hydrogens (tertiary/aromatic N) is 2. The van der Waals surface area contributed by atoms with Crippen LogP contribution in [0.3, 0.4) is 0 Å². The number of anilines is 1. The van der Waals surface area contributed by atoms with Crippen molar-refractivity contribution in [1.82, 2.24) is 4.57 Å². The van der Waals surface area contributed by atoms with E-state index in [9.17, 15) is 4.79 Å². The van der Waals surface area contributed by atoms with Gasteiger partial charge in [-0.1, -0.05) is 0 Å². The number of carbonyl (C=O) groups excluding carboxylic acids is 1. The van der Waals surface area contributed by atoms with Crippen molar-refractivity contribution in [3.8, 4) is 11.5 Å². The molecule has 5 heteroatoms. The Morgan fingerprint density at radius 2 is 1.72 bits per heavy atom. The van der Waals surface area contributed by atoms with Crippen molar-refractivity contribution in [2.75, 3.05) is 19.1 Å². The highest BCUT2D eigenvalue weighted by atomic mass is 16.5. The monoisotopic (exact) mass is 336 g/mol. The molecule has 0 N–H and O–H groups in total. The van der Waals surface area contributed by atoms with Crippen LogP contribution >= 0.6 is 0 Å². The molecule has 128 valence electrons. The van der Waals surface area contributed by atoms with Crippen molar-refractivity contribution in [1.29, 1.82) is 0 Å². The molecule has 1 aromatic heterocycles. The first kappa shape index (κ1) is 15.6. The quantitative estimate of drug-likeness (QED) is 0.733. The second-order valence-electron chi connectivity index (χ2n) is 6.34. The molecule has 0 unspecified atom stereocenters. The second-order valence-corrected chi connectivity index (χ2v) is 6.34. The molecule has 1 aliphatic heterocycles. The van der Waals surface area contributed by atoms with Crippen molar-refractivity contribution >= 4 is 22.5 Å². The van der Waals surface area contributed by atoms with Gasteiger partial charge in [-0.3, -0.25) is 4.79 Å². The lowest BCUT2D eigenvalue weighted by atomic mass is 10.1. The Balaban J connectivity index is 1.76. The number of benzene rings is 2. The lowest BCUT2D eigenvalue weighted by Crippen LogP contribution is -2.22. The summed E-state index contributed by atoms with van der Waals surface area (Å²) in [5.41, 5.74) is 4.87. The number of carbonyl (C=O) groups is 1. The molecule has 2 heterocycles. The van der Waals surface area contributed by atoms with Gasteiger partial charge in [0.05, 0.1) is 20.8 Å². The third-order valence-corrected chi connectivity index (χ3v) is 4.99. The molecule has 25 heavy (non-hydrogen) atoms. The summed E-state index contributed by atoms with van der Waals surface area (Å²) in [6.07, 6.45) is 0. The SMILES string of the molecule is COc1cc2c(cc1OC)C(=O)N(c1ccc3c(c1)cc(C)n3C)C2. The van der Waals surface area contributed by atoms with Gasteiger partial charge >= 0.3 is 0 Å². The first-order valence-corrected chi connectivity index (χ1v) is 8.16. The zero-order chi connectivity index (χ0) is 17.7. The summed E-state index contributed by atoms with van der Waals surface area (Å²) in [5, 5.41) is 1.14. The number of methoxy groups -OCH3 is 2. The maximum absolute atomic E-state index is 12.9. The van der Waals surface area contributed by atoms with Gasteiger partial charge in [0.1, 0.15) is 0 Å². The van der Waals surface area contributed by atoms with Gasteiger partial charge < -0.3 is 18.9 Å². The average Bonchev–Trinajstić information content (AvgIpc) is 3.10. The number of ether oxygens (including phenoxy) is 2. The predicted molar refractivity (Wildman–Crippen MR) is 97.7 cm³/mol. The molecular formula is C20H20N2O3. The van der Waals surface area contributed by atoms with Crippen molar-refractivity contribution in [3.63, 3.8) is 0 Å². The normalized spacial score (nSPS) is 13.4. The van der Waals surface area contributed by atoms with Crippen LogP contribution in [0.25, 0.3) is 10.9 Å². The van der Waals surface area contributed by atoms with Crippen molar-refractivity contribution in [3.05, 3.63) is 53.2 Å². The van der Waals surface area contributed by atoms with Gasteiger partial charge in [0, 0.05) is 34.9 Å². The van der Waals surface area contributed by atoms with E-state index in [4.69, 9.17) is 9.47 Å². The molecule has 4 rings (SSSR count). The van der Waals surface area contributed by atoms with Crippen LogP contribution in [-0.2, 0) is 13.6 Å². The topological polar surface area (TPSA) is 43.7 Å². The van der Waals surface area contributed by atoms with Crippen LogP contribution in [0.2, 0.25) is 0 Å². The minimum absolute atomic E-state index is 0.0112. The largest absolute Gasteiger partial charge is 0.493 e. The predicted octanol–water partition coefficient (Wildman–Crippen LogP) is 3.66. The first-order chi connectivity index (χ1) is 12.0. The fourth-order valence-electron chi connectivity index (χ4n) is 3.49. The van der Waals surface area contributed by atoms with E-state index in [0.29, 0.717) is 23.6 Å². The fraction of sp³-hybridized carbons (Fsp3) is 0.250. The van der Waals surface area contributed by atoms with Crippen LogP contribution in [0.15, 0.2) is 36.4 Å². The van der Waals surface area contributed by atoms with Gasteiger partial charge in [0.2, 0.25) is 0 Å². The van der Waals surface area contributed by atoms with Crippen molar-refractivity contribution < 1.29 is 14.3 Å². The summed E-state index contributed by atoms with van der Waals surface area (Å²) >= 11 is 0. The summed E-state index contributed by atoms with van der Waals surface area (Å²) in [6.45, 7) is 2.61. The molecule has 0 saturated heterocycles. The zero-order valence-corrected chi connectivity index (χ0v) is 14.8. The van der Waals surface area contributed by atoms with E-state index in [-0.39, 0.29) is 5.91 Å². The maximum Gasteiger partial charge on any atom is 0.259 e. The molecule has 1 aliphatic rings. The van der Waals surface area contributed by atoms with Crippen LogP contribution in [0.5, 0.6) is 11.5 Å². The summed E-state index contributed by atoms with van der Waals surface area (Å²) in [5.74, 6) is 1.21. The van der Waals surface area contributed by atoms with E-state index in [2.05, 4.69) is 29.7 Å². The molecule has 0 saturated carbocycles. The Labute approximate surface area is 146 Å². The van der Waals surface area contributed by atoms with Crippen LogP contribution in [0.4, 0.5) is 5.69 Å². The second kappa shape index (κ2) is 5.55. The molecule has 0 aliphatic carbocycles. The lowest BCUT2D eigenvalue weighted by Gasteiger charge is -2.16. The molecule has 0 fully saturated rings. The minimum atomic E-state index is -0.0112. The van der Waals surface area contributed by atoms with Gasteiger partial charge in [-0.15, -0.1) is 0 Å². The van der Waals surface area contributed by atoms with Gasteiger partial charge in [-0.25, -0.2) is 0 Å². The fourth-order valence-corrected chi connectivity index (χ4v) is 3.49. The summed E-state index contributed by atoms with van der Waals surface area (Å²) < 4.78 is 12.8. The van der Waals surface area contributed by atoms with Crippen LogP contribution in [0, 0.1) is 6.92 Å². The molecular weight excluding hydrogens is 316 g/mol. The van der Waals surface area contributed by atoms with E-state index in [1.165, 1.54) is 5.69 Å². The molecule has 1 amide bonds. The highest BCUT2D eigenvalue weighted by molar-refractivity contribution is 6.11. The van der Waals surface area contributed by atoms with E-state index in [0.717, 1.165) is 22.2 Å². The Hall–Kier alpha value is -2.95. The minimum Gasteiger partial charge on any atom is -0.493 e. The smallest absolute Gasteiger partial charge is 0.259 e. The first-order valence-electron chi connectivity index (χ1n) is 8.16. The van der Waals surface area contributed by atoms with E-state index < -0.39 is 0 Å². The summed E-state index contributed by atoms with van der Waals surface area (Å²) in [6, 6.07) is 11.9. The van der Waals surface area contributed by atoms with Crippen LogP contribution in [-0.4, -0.2) is 24.7 Å². The third kappa shape index (κ3) is 2.27. The number of aromatic nitrogens is 1. The van der Waals surface area contributed by atoms with Crippen LogP contribution in [0.1, 0.15) is 21.6 Å². The van der Waals surface area contributed by atoms with Gasteiger partial charge in [-0.2, -0.15) is 0 Å². The van der Waals surface area contributed by atoms with Gasteiger partial charge in [0.15, 0.2) is 11.5 Å². The Morgan fingerprint density at radius 1 is 1.00 bits per heavy atom. The van der Waals surface area contributed by atoms with Crippen molar-refractivity contribution in [2.45, 2.75) is 13.5 Å². The van der Waals surface area contributed by atoms with Gasteiger partial charge in [-0.05, 0) is 48.9 Å². The number of amides is 1. The Bertz CT molecular complexity index is 1000. The average molecular weight is 336 g/mol. The summed E-state index contributed by atoms with van der Waals surface area (Å²) in [4.78, 5) is 14.7. The molecule has 0 atom stereocenters. The third-order valence-electron chi connectivity index (χ3n) is 4.99. The molecule has 3 aromatic rings. The number of hydrogen-bond donors (Lipinski definition) is 0.